The fourth-order valence-electron chi connectivity index (χ4n) is 3.60. The third-order valence-electron chi connectivity index (χ3n) is 5.36. The Balaban J connectivity index is 1.16. The Morgan fingerprint density at radius 1 is 1.10 bits per heavy atom. The highest BCUT2D eigenvalue weighted by Crippen LogP contribution is 2.35. The number of benzene rings is 2. The molecular formula is C23H28N2O5. The zero-order chi connectivity index (χ0) is 20.9. The second-order valence-corrected chi connectivity index (χ2v) is 7.67. The maximum Gasteiger partial charge on any atom is 0.317 e. The van der Waals surface area contributed by atoms with E-state index >= 15 is 0 Å². The van der Waals surface area contributed by atoms with Crippen LogP contribution in [-0.4, -0.2) is 50.1 Å². The minimum absolute atomic E-state index is 0.0607. The summed E-state index contributed by atoms with van der Waals surface area (Å²) in [7, 11) is 0. The molecule has 0 spiro atoms. The molecule has 4 rings (SSSR count). The third kappa shape index (κ3) is 4.90. The highest BCUT2D eigenvalue weighted by atomic mass is 16.7. The van der Waals surface area contributed by atoms with E-state index < -0.39 is 0 Å². The number of nitrogens with zero attached hydrogens (tertiary/aromatic N) is 1. The Morgan fingerprint density at radius 3 is 2.73 bits per heavy atom. The Bertz CT molecular complexity index is 893. The van der Waals surface area contributed by atoms with Gasteiger partial charge in [0.25, 0.3) is 0 Å². The number of aryl methyl sites for hydroxylation is 2. The summed E-state index contributed by atoms with van der Waals surface area (Å²) in [6, 6.07) is 11.6. The van der Waals surface area contributed by atoms with Gasteiger partial charge in [0.15, 0.2) is 11.5 Å². The fourth-order valence-corrected chi connectivity index (χ4v) is 3.60. The van der Waals surface area contributed by atoms with Gasteiger partial charge in [0, 0.05) is 32.0 Å². The van der Waals surface area contributed by atoms with Crippen molar-refractivity contribution < 1.29 is 23.7 Å². The predicted octanol–water partition coefficient (Wildman–Crippen LogP) is 3.66. The molecule has 0 radical (unpaired) electrons. The maximum absolute atomic E-state index is 12.4. The summed E-state index contributed by atoms with van der Waals surface area (Å²) in [5.41, 5.74) is 2.33. The topological polar surface area (TPSA) is 69.3 Å². The maximum atomic E-state index is 12.4. The molecule has 7 nitrogen and oxygen atoms in total. The molecule has 1 saturated heterocycles. The van der Waals surface area contributed by atoms with Crippen LogP contribution in [0.5, 0.6) is 23.0 Å². The van der Waals surface area contributed by atoms with Crippen LogP contribution in [0, 0.1) is 13.8 Å². The number of amides is 2. The van der Waals surface area contributed by atoms with Gasteiger partial charge in [-0.25, -0.2) is 4.79 Å². The summed E-state index contributed by atoms with van der Waals surface area (Å²) >= 11 is 0. The van der Waals surface area contributed by atoms with E-state index in [4.69, 9.17) is 18.9 Å². The summed E-state index contributed by atoms with van der Waals surface area (Å²) in [5, 5.41) is 2.92. The predicted molar refractivity (Wildman–Crippen MR) is 113 cm³/mol. The lowest BCUT2D eigenvalue weighted by Gasteiger charge is -2.32. The summed E-state index contributed by atoms with van der Waals surface area (Å²) in [5.74, 6) is 3.04. The molecule has 30 heavy (non-hydrogen) atoms. The number of hydrogen-bond donors (Lipinski definition) is 1. The fraction of sp³-hybridized carbons (Fsp3) is 0.435. The van der Waals surface area contributed by atoms with Crippen molar-refractivity contribution in [2.45, 2.75) is 32.8 Å². The van der Waals surface area contributed by atoms with Gasteiger partial charge in [-0.05, 0) is 43.2 Å². The van der Waals surface area contributed by atoms with Crippen molar-refractivity contribution in [1.82, 2.24) is 10.2 Å². The van der Waals surface area contributed by atoms with Crippen LogP contribution < -0.4 is 24.3 Å². The van der Waals surface area contributed by atoms with E-state index in [0.29, 0.717) is 37.7 Å². The van der Waals surface area contributed by atoms with Crippen molar-refractivity contribution in [1.29, 1.82) is 0 Å². The highest BCUT2D eigenvalue weighted by molar-refractivity contribution is 5.74. The molecule has 1 N–H and O–H groups in total. The van der Waals surface area contributed by atoms with Gasteiger partial charge in [-0.15, -0.1) is 0 Å². The minimum atomic E-state index is -0.0607. The smallest absolute Gasteiger partial charge is 0.317 e. The van der Waals surface area contributed by atoms with Crippen LogP contribution in [0.25, 0.3) is 0 Å². The molecule has 160 valence electrons. The Hall–Kier alpha value is -3.09. The van der Waals surface area contributed by atoms with E-state index in [2.05, 4.69) is 37.4 Å². The quantitative estimate of drug-likeness (QED) is 0.734. The van der Waals surface area contributed by atoms with E-state index in [-0.39, 0.29) is 18.9 Å². The third-order valence-corrected chi connectivity index (χ3v) is 5.36. The van der Waals surface area contributed by atoms with Crippen molar-refractivity contribution in [3.8, 4) is 23.0 Å². The van der Waals surface area contributed by atoms with Crippen molar-refractivity contribution in [2.24, 2.45) is 0 Å². The number of rotatable bonds is 6. The number of urea groups is 1. The first-order valence-corrected chi connectivity index (χ1v) is 10.4. The number of ether oxygens (including phenoxy) is 4. The van der Waals surface area contributed by atoms with E-state index in [1.54, 1.807) is 6.07 Å². The van der Waals surface area contributed by atoms with Crippen LogP contribution in [0.4, 0.5) is 4.79 Å². The lowest BCUT2D eigenvalue weighted by atomic mass is 10.1. The van der Waals surface area contributed by atoms with Crippen LogP contribution in [0.3, 0.4) is 0 Å². The van der Waals surface area contributed by atoms with Crippen LogP contribution in [-0.2, 0) is 0 Å². The molecular weight excluding hydrogens is 384 g/mol. The SMILES string of the molecule is Cc1ccc(C)c(OC2CCN(C(=O)NCCOc3ccc4c(c3)OCO4)CC2)c1. The number of carbonyl (C=O) groups excluding carboxylic acids is 1. The van der Waals surface area contributed by atoms with Crippen molar-refractivity contribution in [3.63, 3.8) is 0 Å². The van der Waals surface area contributed by atoms with Crippen molar-refractivity contribution >= 4 is 6.03 Å². The van der Waals surface area contributed by atoms with Crippen LogP contribution in [0.1, 0.15) is 24.0 Å². The van der Waals surface area contributed by atoms with E-state index in [0.717, 1.165) is 29.9 Å². The largest absolute Gasteiger partial charge is 0.492 e. The van der Waals surface area contributed by atoms with Gasteiger partial charge in [-0.1, -0.05) is 12.1 Å². The average Bonchev–Trinajstić information content (AvgIpc) is 3.22. The van der Waals surface area contributed by atoms with E-state index in [1.807, 2.05) is 17.0 Å². The Labute approximate surface area is 176 Å². The molecule has 2 aliphatic rings. The molecule has 2 amide bonds. The monoisotopic (exact) mass is 412 g/mol. The summed E-state index contributed by atoms with van der Waals surface area (Å²) in [4.78, 5) is 14.2. The van der Waals surface area contributed by atoms with Crippen LogP contribution in [0.15, 0.2) is 36.4 Å². The van der Waals surface area contributed by atoms with Crippen LogP contribution in [0.2, 0.25) is 0 Å². The molecule has 1 fully saturated rings. The van der Waals surface area contributed by atoms with Gasteiger partial charge in [-0.3, -0.25) is 0 Å². The van der Waals surface area contributed by atoms with Gasteiger partial charge in [-0.2, -0.15) is 0 Å². The first-order valence-electron chi connectivity index (χ1n) is 10.4. The summed E-state index contributed by atoms with van der Waals surface area (Å²) in [6.07, 6.45) is 1.80. The van der Waals surface area contributed by atoms with Gasteiger partial charge in [0.2, 0.25) is 6.79 Å². The number of hydrogen-bond acceptors (Lipinski definition) is 5. The number of carbonyl (C=O) groups is 1. The van der Waals surface area contributed by atoms with E-state index in [9.17, 15) is 4.79 Å². The first kappa shape index (κ1) is 20.2. The first-order chi connectivity index (χ1) is 14.6. The lowest BCUT2D eigenvalue weighted by molar-refractivity contribution is 0.110. The summed E-state index contributed by atoms with van der Waals surface area (Å²) < 4.78 is 22.5. The molecule has 2 aromatic carbocycles. The summed E-state index contributed by atoms with van der Waals surface area (Å²) in [6.45, 7) is 6.55. The Kier molecular flexibility index (Phi) is 6.16. The molecule has 0 unspecified atom stereocenters. The average molecular weight is 412 g/mol. The second-order valence-electron chi connectivity index (χ2n) is 7.67. The molecule has 2 aliphatic heterocycles. The number of nitrogens with one attached hydrogen (secondary N) is 1. The molecule has 0 aliphatic carbocycles. The lowest BCUT2D eigenvalue weighted by Crippen LogP contribution is -2.47. The molecule has 2 aromatic rings. The van der Waals surface area contributed by atoms with Crippen molar-refractivity contribution in [2.75, 3.05) is 33.0 Å². The highest BCUT2D eigenvalue weighted by Gasteiger charge is 2.24. The van der Waals surface area contributed by atoms with Gasteiger partial charge in [0.1, 0.15) is 24.2 Å². The zero-order valence-corrected chi connectivity index (χ0v) is 17.5. The molecule has 0 atom stereocenters. The van der Waals surface area contributed by atoms with Crippen molar-refractivity contribution in [3.05, 3.63) is 47.5 Å². The number of likely N-dealkylation sites (tertiary alicyclic amines) is 1. The number of piperidine rings is 1. The van der Waals surface area contributed by atoms with E-state index in [1.165, 1.54) is 5.56 Å². The molecule has 2 heterocycles. The van der Waals surface area contributed by atoms with Gasteiger partial charge in [0.05, 0.1) is 6.54 Å². The molecule has 0 saturated carbocycles. The van der Waals surface area contributed by atoms with Gasteiger partial charge >= 0.3 is 6.03 Å². The minimum Gasteiger partial charge on any atom is -0.492 e. The Morgan fingerprint density at radius 2 is 1.90 bits per heavy atom. The van der Waals surface area contributed by atoms with Gasteiger partial charge < -0.3 is 29.2 Å². The second kappa shape index (κ2) is 9.15. The standard InChI is InChI=1S/C23H28N2O5/c1-16-3-4-17(2)21(13-16)30-18-7-10-25(11-8-18)23(26)24-9-12-27-19-5-6-20-22(14-19)29-15-28-20/h3-6,13-14,18H,7-12,15H2,1-2H3,(H,24,26). The zero-order valence-electron chi connectivity index (χ0n) is 17.5. The molecule has 7 heteroatoms. The van der Waals surface area contributed by atoms with Crippen LogP contribution >= 0.6 is 0 Å². The normalized spacial score (nSPS) is 15.7. The molecule has 0 aromatic heterocycles. The molecule has 0 bridgehead atoms. The number of fused-ring (bicyclic) bond motifs is 1.